The van der Waals surface area contributed by atoms with Crippen LogP contribution in [-0.2, 0) is 11.3 Å². The van der Waals surface area contributed by atoms with E-state index in [1.165, 1.54) is 18.2 Å². The summed E-state index contributed by atoms with van der Waals surface area (Å²) >= 11 is 0. The largest absolute Gasteiger partial charge is 0.380 e. The van der Waals surface area contributed by atoms with Gasteiger partial charge in [-0.3, -0.25) is 20.0 Å². The number of aromatic amines is 1. The molecule has 1 amide bonds. The minimum atomic E-state index is -0.512. The number of nitro groups is 1. The molecular weight excluding hydrogens is 312 g/mol. The first-order valence-corrected chi connectivity index (χ1v) is 7.10. The zero-order valence-corrected chi connectivity index (χ0v) is 12.8. The number of methoxy groups -OCH3 is 1. The number of rotatable bonds is 5. The van der Waals surface area contributed by atoms with Gasteiger partial charge in [-0.05, 0) is 23.8 Å². The summed E-state index contributed by atoms with van der Waals surface area (Å²) in [6.45, 7) is 0.432. The number of carbonyl (C=O) groups is 1. The predicted molar refractivity (Wildman–Crippen MR) is 87.9 cm³/mol. The Balaban J connectivity index is 1.90. The Morgan fingerprint density at radius 3 is 2.92 bits per heavy atom. The van der Waals surface area contributed by atoms with Gasteiger partial charge in [0.15, 0.2) is 5.69 Å². The van der Waals surface area contributed by atoms with E-state index >= 15 is 0 Å². The van der Waals surface area contributed by atoms with Crippen LogP contribution < -0.4 is 5.32 Å². The summed E-state index contributed by atoms with van der Waals surface area (Å²) in [7, 11) is 1.59. The van der Waals surface area contributed by atoms with Crippen molar-refractivity contribution in [1.29, 1.82) is 0 Å². The first-order chi connectivity index (χ1) is 11.6. The summed E-state index contributed by atoms with van der Waals surface area (Å²) in [6.07, 6.45) is 0. The number of hydrogen-bond acceptors (Lipinski definition) is 5. The number of aromatic nitrogens is 2. The molecule has 8 nitrogen and oxygen atoms in total. The van der Waals surface area contributed by atoms with Gasteiger partial charge in [-0.25, -0.2) is 0 Å². The summed E-state index contributed by atoms with van der Waals surface area (Å²) in [5.74, 6) is -0.448. The van der Waals surface area contributed by atoms with Gasteiger partial charge in [-0.2, -0.15) is 5.10 Å². The highest BCUT2D eigenvalue weighted by atomic mass is 16.6. The van der Waals surface area contributed by atoms with E-state index in [0.29, 0.717) is 23.2 Å². The molecule has 1 heterocycles. The number of fused-ring (bicyclic) bond motifs is 1. The summed E-state index contributed by atoms with van der Waals surface area (Å²) < 4.78 is 5.06. The van der Waals surface area contributed by atoms with Crippen molar-refractivity contribution >= 4 is 28.2 Å². The highest BCUT2D eigenvalue weighted by Crippen LogP contribution is 2.23. The number of nitrogens with zero attached hydrogens (tertiary/aromatic N) is 2. The molecule has 0 aliphatic rings. The highest BCUT2D eigenvalue weighted by Gasteiger charge is 2.17. The van der Waals surface area contributed by atoms with E-state index in [0.717, 1.165) is 5.56 Å². The van der Waals surface area contributed by atoms with Crippen LogP contribution in [0.2, 0.25) is 0 Å². The maximum absolute atomic E-state index is 12.4. The molecule has 0 atom stereocenters. The third kappa shape index (κ3) is 3.08. The average Bonchev–Trinajstić information content (AvgIpc) is 2.98. The zero-order chi connectivity index (χ0) is 17.1. The van der Waals surface area contributed by atoms with E-state index < -0.39 is 10.8 Å². The maximum Gasteiger partial charge on any atom is 0.276 e. The van der Waals surface area contributed by atoms with Crippen LogP contribution in [0.4, 0.5) is 11.4 Å². The Hall–Kier alpha value is -3.26. The average molecular weight is 326 g/mol. The van der Waals surface area contributed by atoms with Gasteiger partial charge in [0.05, 0.1) is 17.0 Å². The van der Waals surface area contributed by atoms with Crippen molar-refractivity contribution in [1.82, 2.24) is 10.2 Å². The minimum absolute atomic E-state index is 0.0972. The Kier molecular flexibility index (Phi) is 4.21. The molecule has 2 N–H and O–H groups in total. The number of hydrogen-bond donors (Lipinski definition) is 2. The van der Waals surface area contributed by atoms with Crippen molar-refractivity contribution in [3.8, 4) is 0 Å². The lowest BCUT2D eigenvalue weighted by Crippen LogP contribution is -2.13. The Morgan fingerprint density at radius 2 is 2.17 bits per heavy atom. The number of carbonyl (C=O) groups excluding carboxylic acids is 1. The van der Waals surface area contributed by atoms with Crippen molar-refractivity contribution in [2.75, 3.05) is 12.4 Å². The third-order valence-electron chi connectivity index (χ3n) is 3.47. The van der Waals surface area contributed by atoms with E-state index in [1.807, 2.05) is 6.07 Å². The molecular formula is C16H14N4O4. The lowest BCUT2D eigenvalue weighted by molar-refractivity contribution is -0.384. The standard InChI is InChI=1S/C16H14N4O4/c1-24-9-10-3-2-4-11(7-10)17-16(21)15-13-8-12(20(22)23)5-6-14(13)18-19-15/h2-8H,9H2,1H3,(H,17,21)(H,18,19). The highest BCUT2D eigenvalue weighted by molar-refractivity contribution is 6.11. The molecule has 0 aliphatic carbocycles. The summed E-state index contributed by atoms with van der Waals surface area (Å²) in [5, 5.41) is 20.7. The fourth-order valence-corrected chi connectivity index (χ4v) is 2.38. The van der Waals surface area contributed by atoms with Crippen LogP contribution in [0.5, 0.6) is 0 Å². The van der Waals surface area contributed by atoms with E-state index in [2.05, 4.69) is 15.5 Å². The molecule has 8 heteroatoms. The summed E-state index contributed by atoms with van der Waals surface area (Å²) in [5.41, 5.74) is 2.07. The Morgan fingerprint density at radius 1 is 1.33 bits per heavy atom. The number of non-ortho nitro benzene ring substituents is 1. The van der Waals surface area contributed by atoms with Crippen LogP contribution in [0.1, 0.15) is 16.1 Å². The SMILES string of the molecule is COCc1cccc(NC(=O)c2n[nH]c3ccc([N+](=O)[O-])cc23)c1. The molecule has 0 unspecified atom stereocenters. The van der Waals surface area contributed by atoms with Crippen LogP contribution >= 0.6 is 0 Å². The van der Waals surface area contributed by atoms with Crippen molar-refractivity contribution in [2.24, 2.45) is 0 Å². The van der Waals surface area contributed by atoms with E-state index in [4.69, 9.17) is 4.74 Å². The first-order valence-electron chi connectivity index (χ1n) is 7.10. The molecule has 2 aromatic carbocycles. The minimum Gasteiger partial charge on any atom is -0.380 e. The number of anilines is 1. The van der Waals surface area contributed by atoms with Crippen LogP contribution in [0.3, 0.4) is 0 Å². The van der Waals surface area contributed by atoms with Gasteiger partial charge in [0.2, 0.25) is 0 Å². The molecule has 0 bridgehead atoms. The van der Waals surface area contributed by atoms with Gasteiger partial charge in [-0.1, -0.05) is 12.1 Å². The molecule has 0 aliphatic heterocycles. The lowest BCUT2D eigenvalue weighted by atomic mass is 10.1. The van der Waals surface area contributed by atoms with Gasteiger partial charge in [-0.15, -0.1) is 0 Å². The molecule has 0 radical (unpaired) electrons. The molecule has 3 aromatic rings. The van der Waals surface area contributed by atoms with E-state index in [9.17, 15) is 14.9 Å². The molecule has 1 aromatic heterocycles. The number of H-pyrrole nitrogens is 1. The van der Waals surface area contributed by atoms with Crippen molar-refractivity contribution in [3.05, 3.63) is 63.8 Å². The summed E-state index contributed by atoms with van der Waals surface area (Å²) in [4.78, 5) is 22.8. The Labute approximate surface area is 136 Å². The number of benzene rings is 2. The first kappa shape index (κ1) is 15.6. The normalized spacial score (nSPS) is 10.7. The topological polar surface area (TPSA) is 110 Å². The fourth-order valence-electron chi connectivity index (χ4n) is 2.38. The molecule has 122 valence electrons. The molecule has 0 spiro atoms. The molecule has 0 saturated heterocycles. The Bertz CT molecular complexity index is 919. The number of amides is 1. The summed E-state index contributed by atoms with van der Waals surface area (Å²) in [6, 6.07) is 11.4. The third-order valence-corrected chi connectivity index (χ3v) is 3.47. The van der Waals surface area contributed by atoms with E-state index in [-0.39, 0.29) is 11.4 Å². The van der Waals surface area contributed by atoms with Crippen molar-refractivity contribution < 1.29 is 14.5 Å². The maximum atomic E-state index is 12.4. The lowest BCUT2D eigenvalue weighted by Gasteiger charge is -2.06. The van der Waals surface area contributed by atoms with Gasteiger partial charge in [0.25, 0.3) is 11.6 Å². The van der Waals surface area contributed by atoms with Crippen LogP contribution in [0.25, 0.3) is 10.9 Å². The van der Waals surface area contributed by atoms with Gasteiger partial charge >= 0.3 is 0 Å². The van der Waals surface area contributed by atoms with Crippen molar-refractivity contribution in [3.63, 3.8) is 0 Å². The van der Waals surface area contributed by atoms with Gasteiger partial charge < -0.3 is 10.1 Å². The number of nitrogens with one attached hydrogen (secondary N) is 2. The number of nitro benzene ring substituents is 1. The van der Waals surface area contributed by atoms with Crippen LogP contribution in [-0.4, -0.2) is 28.1 Å². The monoisotopic (exact) mass is 326 g/mol. The second-order valence-electron chi connectivity index (χ2n) is 5.15. The smallest absolute Gasteiger partial charge is 0.276 e. The molecule has 3 rings (SSSR count). The zero-order valence-electron chi connectivity index (χ0n) is 12.8. The molecule has 24 heavy (non-hydrogen) atoms. The quantitative estimate of drug-likeness (QED) is 0.553. The van der Waals surface area contributed by atoms with Crippen LogP contribution in [0.15, 0.2) is 42.5 Å². The van der Waals surface area contributed by atoms with Crippen molar-refractivity contribution in [2.45, 2.75) is 6.61 Å². The molecule has 0 fully saturated rings. The van der Waals surface area contributed by atoms with Gasteiger partial charge in [0, 0.05) is 30.3 Å². The predicted octanol–water partition coefficient (Wildman–Crippen LogP) is 2.87. The fraction of sp³-hybridized carbons (Fsp3) is 0.125. The number of ether oxygens (including phenoxy) is 1. The molecule has 0 saturated carbocycles. The second-order valence-corrected chi connectivity index (χ2v) is 5.15. The van der Waals surface area contributed by atoms with E-state index in [1.54, 1.807) is 25.3 Å². The second kappa shape index (κ2) is 6.47. The van der Waals surface area contributed by atoms with Gasteiger partial charge in [0.1, 0.15) is 0 Å². The van der Waals surface area contributed by atoms with Crippen LogP contribution in [0, 0.1) is 10.1 Å².